The number of ether oxygens (including phenoxy) is 13. The number of methoxy groups -OCH3 is 5. The lowest BCUT2D eigenvalue weighted by molar-refractivity contribution is -0.337. The molecule has 0 spiro atoms. The summed E-state index contributed by atoms with van der Waals surface area (Å²) in [6, 6.07) is 5.36. The lowest BCUT2D eigenvalue weighted by Crippen LogP contribution is -2.65. The number of amides is 4. The van der Waals surface area contributed by atoms with E-state index >= 15 is 0 Å². The Hall–Kier alpha value is -6.15. The summed E-state index contributed by atoms with van der Waals surface area (Å²) in [7, 11) is 9.29. The second-order valence-corrected chi connectivity index (χ2v) is 34.0. The van der Waals surface area contributed by atoms with Gasteiger partial charge < -0.3 is 97.3 Å². The van der Waals surface area contributed by atoms with Gasteiger partial charge in [-0.25, -0.2) is 10.2 Å². The molecule has 111 heavy (non-hydrogen) atoms. The SMILES string of the molecule is CCN(C(C)=O)C1COC(OC2C(O[C@H]3C#C/C=C\C#C[C@]4(O)CC(=O)C(NC(=O)OC)=C3/C4=C\CSSC(C)(C)CC(=O)NN=C(C)c3ccc(OCCC(=O)NC(C)(C)C)cc3)OC(C)C(NOC3CC(O)C(SC(=O)c4c(C)c(I)c(OC5OC(C)C(O)C(OC)C5O)c(OC)c4OC)C(C)O3)C2O)CC1OC. The molecule has 31 nitrogen and oxygen atoms in total. The van der Waals surface area contributed by atoms with E-state index in [1.807, 2.05) is 64.1 Å². The smallest absolute Gasteiger partial charge is 0.411 e. The molecule has 9 N–H and O–H groups in total. The van der Waals surface area contributed by atoms with E-state index in [-0.39, 0.29) is 108 Å². The molecule has 8 rings (SSSR count). The number of hydrazone groups is 1. The number of fused-ring (bicyclic) bond motifs is 2. The zero-order valence-corrected chi connectivity index (χ0v) is 69.8. The van der Waals surface area contributed by atoms with Crippen molar-refractivity contribution in [2.24, 2.45) is 5.10 Å². The second kappa shape index (κ2) is 40.4. The van der Waals surface area contributed by atoms with Crippen LogP contribution in [0.3, 0.4) is 0 Å². The summed E-state index contributed by atoms with van der Waals surface area (Å²) in [4.78, 5) is 88.8. The summed E-state index contributed by atoms with van der Waals surface area (Å²) in [5, 5.41) is 67.5. The third kappa shape index (κ3) is 23.1. The highest BCUT2D eigenvalue weighted by Gasteiger charge is 2.53. The average Bonchev–Trinajstić information content (AvgIpc) is 0.754. The molecule has 35 heteroatoms. The van der Waals surface area contributed by atoms with Crippen molar-refractivity contribution in [2.75, 3.05) is 61.1 Å². The number of Topliss-reactive ketones (excluding diaryl/α,β-unsaturated/α-hetero) is 1. The number of alkyl carbamates (subject to hydrolysis) is 1. The Morgan fingerprint density at radius 1 is 0.829 bits per heavy atom. The molecule has 4 heterocycles. The summed E-state index contributed by atoms with van der Waals surface area (Å²) in [6.07, 6.45) is -15.7. The molecule has 4 fully saturated rings. The van der Waals surface area contributed by atoms with Crippen LogP contribution in [0.1, 0.15) is 130 Å². The molecule has 17 unspecified atom stereocenters. The molecule has 2 bridgehead atoms. The number of rotatable bonds is 30. The summed E-state index contributed by atoms with van der Waals surface area (Å²) < 4.78 is 78.3. The molecule has 2 aromatic rings. The van der Waals surface area contributed by atoms with Crippen LogP contribution in [0.4, 0.5) is 4.79 Å². The number of thioether (sulfide) groups is 1. The van der Waals surface area contributed by atoms with Crippen LogP contribution in [-0.2, 0) is 66.6 Å². The lowest BCUT2D eigenvalue weighted by atomic mass is 9.75. The number of hydrogen-bond donors (Lipinski definition) is 9. The van der Waals surface area contributed by atoms with Gasteiger partial charge in [0.1, 0.15) is 42.4 Å². The van der Waals surface area contributed by atoms with Crippen LogP contribution >= 0.6 is 55.9 Å². The minimum Gasteiger partial charge on any atom is -0.493 e. The Morgan fingerprint density at radius 3 is 2.16 bits per heavy atom. The van der Waals surface area contributed by atoms with E-state index in [1.54, 1.807) is 69.9 Å². The van der Waals surface area contributed by atoms with E-state index in [2.05, 4.69) is 50.3 Å². The summed E-state index contributed by atoms with van der Waals surface area (Å²) in [5.74, 6) is 10.8. The Kier molecular flexibility index (Phi) is 32.9. The topological polar surface area (TPSA) is 397 Å². The van der Waals surface area contributed by atoms with Crippen molar-refractivity contribution < 1.29 is 121 Å². The largest absolute Gasteiger partial charge is 0.493 e. The van der Waals surface area contributed by atoms with E-state index in [9.17, 15) is 54.3 Å². The van der Waals surface area contributed by atoms with E-state index < -0.39 is 143 Å². The minimum atomic E-state index is -2.23. The predicted molar refractivity (Wildman–Crippen MR) is 419 cm³/mol. The van der Waals surface area contributed by atoms with E-state index in [0.29, 0.717) is 27.1 Å². The van der Waals surface area contributed by atoms with Crippen LogP contribution in [0.2, 0.25) is 0 Å². The quantitative estimate of drug-likeness (QED) is 0.0115. The van der Waals surface area contributed by atoms with Crippen LogP contribution in [0, 0.1) is 34.2 Å². The van der Waals surface area contributed by atoms with Crippen molar-refractivity contribution in [3.63, 3.8) is 0 Å². The van der Waals surface area contributed by atoms with Crippen molar-refractivity contribution in [3.05, 3.63) is 79.6 Å². The zero-order valence-electron chi connectivity index (χ0n) is 65.2. The van der Waals surface area contributed by atoms with Gasteiger partial charge in [-0.05, 0) is 146 Å². The van der Waals surface area contributed by atoms with Gasteiger partial charge in [-0.2, -0.15) is 10.6 Å². The normalized spacial score (nSPS) is 30.3. The van der Waals surface area contributed by atoms with Gasteiger partial charge in [0.25, 0.3) is 0 Å². The number of halogens is 1. The predicted octanol–water partition coefficient (Wildman–Crippen LogP) is 5.57. The molecule has 0 aromatic heterocycles. The second-order valence-electron chi connectivity index (χ2n) is 28.7. The molecule has 2 aromatic carbocycles. The number of carbonyl (C=O) groups excluding carboxylic acids is 6. The summed E-state index contributed by atoms with van der Waals surface area (Å²) in [6.45, 7) is 21.5. The number of likely N-dealkylation sites (N-methyl/N-ethyl adjacent to an activating group) is 1. The van der Waals surface area contributed by atoms with Crippen molar-refractivity contribution in [3.8, 4) is 46.7 Å². The lowest BCUT2D eigenvalue weighted by Gasteiger charge is -2.47. The molecule has 19 atom stereocenters. The fourth-order valence-electron chi connectivity index (χ4n) is 13.3. The van der Waals surface area contributed by atoms with Gasteiger partial charge in [-0.1, -0.05) is 63.1 Å². The van der Waals surface area contributed by atoms with Crippen molar-refractivity contribution >= 4 is 96.4 Å². The van der Waals surface area contributed by atoms with Gasteiger partial charge in [-0.3, -0.25) is 34.1 Å². The molecule has 612 valence electrons. The van der Waals surface area contributed by atoms with Gasteiger partial charge in [-0.15, -0.1) is 0 Å². The average molecular weight is 1720 g/mol. The first-order valence-corrected chi connectivity index (χ1v) is 40.4. The maximum Gasteiger partial charge on any atom is 0.411 e. The van der Waals surface area contributed by atoms with Gasteiger partial charge in [0.05, 0.1) is 116 Å². The third-order valence-corrected chi connectivity index (χ3v) is 24.7. The first-order valence-electron chi connectivity index (χ1n) is 36.1. The number of nitrogens with one attached hydrogen (secondary N) is 4. The van der Waals surface area contributed by atoms with Crippen molar-refractivity contribution in [1.29, 1.82) is 0 Å². The van der Waals surface area contributed by atoms with E-state index in [4.69, 9.17) is 66.4 Å². The molecule has 0 radical (unpaired) electrons. The zero-order chi connectivity index (χ0) is 81.6. The number of benzene rings is 2. The van der Waals surface area contributed by atoms with Gasteiger partial charge in [0.15, 0.2) is 41.8 Å². The summed E-state index contributed by atoms with van der Waals surface area (Å²) >= 11 is 2.78. The molecule has 6 aliphatic rings. The highest BCUT2D eigenvalue weighted by Crippen LogP contribution is 2.50. The molecule has 0 saturated carbocycles. The Morgan fingerprint density at radius 2 is 1.52 bits per heavy atom. The molecule has 4 amide bonds. The highest BCUT2D eigenvalue weighted by atomic mass is 127. The monoisotopic (exact) mass is 1720 g/mol. The van der Waals surface area contributed by atoms with E-state index in [1.165, 1.54) is 69.1 Å². The number of aliphatic hydroxyl groups is 5. The molecule has 4 aliphatic heterocycles. The van der Waals surface area contributed by atoms with Crippen LogP contribution in [-0.4, -0.2) is 257 Å². The molecular weight excluding hydrogens is 1620 g/mol. The van der Waals surface area contributed by atoms with Crippen LogP contribution < -0.4 is 40.5 Å². The maximum atomic E-state index is 14.6. The maximum absolute atomic E-state index is 14.6. The molecule has 4 saturated heterocycles. The van der Waals surface area contributed by atoms with Gasteiger partial charge in [0, 0.05) is 74.1 Å². The fraction of sp³-hybridized carbons (Fsp3) is 0.618. The molecular formula is C76H103IN6O25S3. The van der Waals surface area contributed by atoms with E-state index in [0.717, 1.165) is 24.4 Å². The van der Waals surface area contributed by atoms with Crippen LogP contribution in [0.25, 0.3) is 0 Å². The van der Waals surface area contributed by atoms with Crippen LogP contribution in [0.5, 0.6) is 23.0 Å². The number of aliphatic hydroxyl groups excluding tert-OH is 4. The fourth-order valence-corrected chi connectivity index (χ4v) is 17.5. The molecule has 2 aliphatic carbocycles. The number of hydrogen-bond acceptors (Lipinski definition) is 30. The minimum absolute atomic E-state index is 0.00309. The number of hydroxylamine groups is 1. The number of ketones is 1. The summed E-state index contributed by atoms with van der Waals surface area (Å²) in [5.41, 5.74) is 4.24. The number of allylic oxidation sites excluding steroid dienone is 3. The van der Waals surface area contributed by atoms with Gasteiger partial charge in [0.2, 0.25) is 34.9 Å². The Labute approximate surface area is 672 Å². The standard InChI is InChI=1S/C76H103IN6O25S3/c1-18-83(43(7)84)47-37-101-54(34-51(47)95-13)106-67-62(90)59(82-108-55-33-48(85)69(42(6)102-55)110-70(92)56-38(2)58(77)65(68(98-16)64(56)96-14)107-71-63(91)66(97-15)61(89)41(5)104-71)40(4)103-72(67)105-50-23-21-19-20-22-30-76(94)35-49(86)60(78-73(93)99-17)57(50)46(76)29-32-109-111-75(11,12)36-53(88)81-80-39(3)44-24-26-45(27-25-44)100-31-28-52(87)79-74(8,9)10/h19-20,24-27,29,40-42,47-48,50-51,54-55,59,61-63,66-67,69,71-72,82,85,89-91,94H,18,28,31-37H2,1-17H3,(H,78,93)(H,79,87)(H,81,88)/b20-19-,46-29+,80-39?/t40?,41?,42?,47?,48?,50-,51?,54?,55?,59?,61?,62?,63?,66?,67?,69?,71?,72?,76-/m0/s1. The van der Waals surface area contributed by atoms with Crippen molar-refractivity contribution in [1.82, 2.24) is 26.4 Å². The highest BCUT2D eigenvalue weighted by molar-refractivity contribution is 14.1. The van der Waals surface area contributed by atoms with Gasteiger partial charge >= 0.3 is 6.09 Å². The first kappa shape index (κ1) is 90.4. The Balaban J connectivity index is 1.01. The number of carbonyl (C=O) groups is 6. The Bertz CT molecular complexity index is 3900. The third-order valence-electron chi connectivity index (χ3n) is 18.9. The van der Waals surface area contributed by atoms with Crippen molar-refractivity contribution in [2.45, 2.75) is 241 Å². The van der Waals surface area contributed by atoms with Crippen LogP contribution in [0.15, 0.2) is 64.4 Å². The first-order chi connectivity index (χ1) is 52.5. The number of nitrogens with zero attached hydrogens (tertiary/aromatic N) is 2.